The molecule has 136 valence electrons. The van der Waals surface area contributed by atoms with E-state index in [1.54, 1.807) is 33.5 Å². The number of hydrogen-bond acceptors (Lipinski definition) is 6. The lowest BCUT2D eigenvalue weighted by atomic mass is 10.1. The fourth-order valence-corrected chi connectivity index (χ4v) is 4.44. The molecule has 2 aromatic rings. The van der Waals surface area contributed by atoms with Gasteiger partial charge in [0, 0.05) is 31.5 Å². The third-order valence-electron chi connectivity index (χ3n) is 4.20. The standard InChI is InChI=1S/C16H23N5O3S/c1-2-3-13-25(22,23)20-11-7-14(8-12-20)24-16-6-5-15(18-19-16)21-10-4-9-17-21/h4-6,9-10,14H,2-3,7-8,11-13H2,1H3. The van der Waals surface area contributed by atoms with Crippen LogP contribution in [0, 0.1) is 0 Å². The van der Waals surface area contributed by atoms with Crippen LogP contribution in [-0.2, 0) is 10.0 Å². The van der Waals surface area contributed by atoms with E-state index in [0.717, 1.165) is 6.42 Å². The Morgan fingerprint density at radius 3 is 2.64 bits per heavy atom. The van der Waals surface area contributed by atoms with Crippen LogP contribution in [0.4, 0.5) is 0 Å². The van der Waals surface area contributed by atoms with E-state index < -0.39 is 10.0 Å². The summed E-state index contributed by atoms with van der Waals surface area (Å²) in [7, 11) is -3.13. The zero-order valence-corrected chi connectivity index (χ0v) is 15.1. The van der Waals surface area contributed by atoms with Crippen molar-refractivity contribution in [3.8, 4) is 11.7 Å². The second kappa shape index (κ2) is 7.92. The number of hydrogen-bond donors (Lipinski definition) is 0. The Labute approximate surface area is 147 Å². The lowest BCUT2D eigenvalue weighted by molar-refractivity contribution is 0.128. The summed E-state index contributed by atoms with van der Waals surface area (Å²) in [4.78, 5) is 0. The molecule has 0 aliphatic carbocycles. The van der Waals surface area contributed by atoms with Gasteiger partial charge in [-0.25, -0.2) is 17.4 Å². The maximum absolute atomic E-state index is 12.2. The van der Waals surface area contributed by atoms with Gasteiger partial charge in [0.15, 0.2) is 5.82 Å². The largest absolute Gasteiger partial charge is 0.473 e. The molecular formula is C16H23N5O3S. The fourth-order valence-electron chi connectivity index (χ4n) is 2.76. The number of unbranched alkanes of at least 4 members (excludes halogenated alkanes) is 1. The van der Waals surface area contributed by atoms with Crippen LogP contribution in [0.5, 0.6) is 5.88 Å². The molecule has 0 radical (unpaired) electrons. The van der Waals surface area contributed by atoms with Crippen molar-refractivity contribution in [1.82, 2.24) is 24.3 Å². The molecule has 0 unspecified atom stereocenters. The van der Waals surface area contributed by atoms with Gasteiger partial charge >= 0.3 is 0 Å². The highest BCUT2D eigenvalue weighted by Crippen LogP contribution is 2.20. The minimum Gasteiger partial charge on any atom is -0.473 e. The summed E-state index contributed by atoms with van der Waals surface area (Å²) in [6.45, 7) is 2.99. The molecule has 1 aliphatic rings. The van der Waals surface area contributed by atoms with Gasteiger partial charge in [-0.2, -0.15) is 5.10 Å². The number of piperidine rings is 1. The highest BCUT2D eigenvalue weighted by Gasteiger charge is 2.28. The monoisotopic (exact) mass is 365 g/mol. The Hall–Kier alpha value is -2.00. The van der Waals surface area contributed by atoms with Gasteiger partial charge in [0.25, 0.3) is 0 Å². The van der Waals surface area contributed by atoms with E-state index in [2.05, 4.69) is 15.3 Å². The molecule has 0 atom stereocenters. The van der Waals surface area contributed by atoms with Gasteiger partial charge in [-0.05, 0) is 31.4 Å². The lowest BCUT2D eigenvalue weighted by Gasteiger charge is -2.31. The lowest BCUT2D eigenvalue weighted by Crippen LogP contribution is -2.42. The zero-order chi connectivity index (χ0) is 17.7. The molecule has 1 saturated heterocycles. The van der Waals surface area contributed by atoms with Crippen molar-refractivity contribution >= 4 is 10.0 Å². The maximum atomic E-state index is 12.2. The molecule has 0 amide bonds. The van der Waals surface area contributed by atoms with E-state index in [1.807, 2.05) is 13.0 Å². The summed E-state index contributed by atoms with van der Waals surface area (Å²) in [5.74, 6) is 1.30. The third-order valence-corrected chi connectivity index (χ3v) is 6.16. The summed E-state index contributed by atoms with van der Waals surface area (Å²) >= 11 is 0. The number of rotatable bonds is 7. The summed E-state index contributed by atoms with van der Waals surface area (Å²) in [6.07, 6.45) is 6.33. The van der Waals surface area contributed by atoms with E-state index in [0.29, 0.717) is 44.0 Å². The first-order chi connectivity index (χ1) is 12.1. The van der Waals surface area contributed by atoms with Crippen molar-refractivity contribution in [2.75, 3.05) is 18.8 Å². The van der Waals surface area contributed by atoms with Crippen molar-refractivity contribution in [3.05, 3.63) is 30.6 Å². The molecule has 25 heavy (non-hydrogen) atoms. The number of ether oxygens (including phenoxy) is 1. The SMILES string of the molecule is CCCCS(=O)(=O)N1CCC(Oc2ccc(-n3cccn3)nn2)CC1. The molecule has 0 bridgehead atoms. The van der Waals surface area contributed by atoms with Crippen molar-refractivity contribution in [2.24, 2.45) is 0 Å². The first-order valence-electron chi connectivity index (χ1n) is 8.57. The van der Waals surface area contributed by atoms with Gasteiger partial charge in [0.1, 0.15) is 6.10 Å². The van der Waals surface area contributed by atoms with E-state index >= 15 is 0 Å². The Kier molecular flexibility index (Phi) is 5.64. The third kappa shape index (κ3) is 4.55. The second-order valence-electron chi connectivity index (χ2n) is 6.07. The summed E-state index contributed by atoms with van der Waals surface area (Å²) in [6, 6.07) is 5.36. The maximum Gasteiger partial charge on any atom is 0.233 e. The van der Waals surface area contributed by atoms with E-state index in [1.165, 1.54) is 0 Å². The predicted molar refractivity (Wildman–Crippen MR) is 93.1 cm³/mol. The molecule has 0 spiro atoms. The summed E-state index contributed by atoms with van der Waals surface area (Å²) in [5.41, 5.74) is 0. The predicted octanol–water partition coefficient (Wildman–Crippen LogP) is 1.64. The Balaban J connectivity index is 1.52. The van der Waals surface area contributed by atoms with Crippen LogP contribution >= 0.6 is 0 Å². The highest BCUT2D eigenvalue weighted by molar-refractivity contribution is 7.89. The van der Waals surface area contributed by atoms with Crippen LogP contribution in [0.15, 0.2) is 30.6 Å². The van der Waals surface area contributed by atoms with Crippen molar-refractivity contribution < 1.29 is 13.2 Å². The molecular weight excluding hydrogens is 342 g/mol. The molecule has 2 aromatic heterocycles. The Morgan fingerprint density at radius 1 is 1.24 bits per heavy atom. The molecule has 8 nitrogen and oxygen atoms in total. The minimum absolute atomic E-state index is 0.0394. The molecule has 0 aromatic carbocycles. The van der Waals surface area contributed by atoms with Gasteiger partial charge in [-0.1, -0.05) is 13.3 Å². The van der Waals surface area contributed by atoms with Gasteiger partial charge < -0.3 is 4.74 Å². The van der Waals surface area contributed by atoms with E-state index in [4.69, 9.17) is 4.74 Å². The van der Waals surface area contributed by atoms with Crippen LogP contribution < -0.4 is 4.74 Å². The number of aromatic nitrogens is 4. The van der Waals surface area contributed by atoms with Crippen molar-refractivity contribution in [1.29, 1.82) is 0 Å². The van der Waals surface area contributed by atoms with E-state index in [9.17, 15) is 8.42 Å². The van der Waals surface area contributed by atoms with Gasteiger partial charge in [-0.3, -0.25) is 0 Å². The molecule has 3 heterocycles. The molecule has 1 fully saturated rings. The summed E-state index contributed by atoms with van der Waals surface area (Å²) < 4.78 is 33.5. The van der Waals surface area contributed by atoms with Crippen LogP contribution in [0.2, 0.25) is 0 Å². The minimum atomic E-state index is -3.13. The van der Waals surface area contributed by atoms with Gasteiger partial charge in [-0.15, -0.1) is 10.2 Å². The number of sulfonamides is 1. The summed E-state index contributed by atoms with van der Waals surface area (Å²) in [5, 5.41) is 12.3. The van der Waals surface area contributed by atoms with Crippen LogP contribution in [-0.4, -0.2) is 57.6 Å². The Bertz CT molecular complexity index is 754. The van der Waals surface area contributed by atoms with Gasteiger partial charge in [0.2, 0.25) is 15.9 Å². The zero-order valence-electron chi connectivity index (χ0n) is 14.3. The first-order valence-corrected chi connectivity index (χ1v) is 10.2. The average Bonchev–Trinajstić information content (AvgIpc) is 3.16. The normalized spacial score (nSPS) is 16.8. The van der Waals surface area contributed by atoms with Crippen molar-refractivity contribution in [2.45, 2.75) is 38.7 Å². The molecule has 0 saturated carbocycles. The molecule has 3 rings (SSSR count). The first kappa shape index (κ1) is 17.8. The molecule has 9 heteroatoms. The highest BCUT2D eigenvalue weighted by atomic mass is 32.2. The smallest absolute Gasteiger partial charge is 0.233 e. The quantitative estimate of drug-likeness (QED) is 0.741. The van der Waals surface area contributed by atoms with E-state index in [-0.39, 0.29) is 11.9 Å². The van der Waals surface area contributed by atoms with Crippen molar-refractivity contribution in [3.63, 3.8) is 0 Å². The van der Waals surface area contributed by atoms with Crippen LogP contribution in [0.1, 0.15) is 32.6 Å². The Morgan fingerprint density at radius 2 is 2.04 bits per heavy atom. The average molecular weight is 365 g/mol. The van der Waals surface area contributed by atoms with Gasteiger partial charge in [0.05, 0.1) is 5.75 Å². The molecule has 1 aliphatic heterocycles. The molecule has 0 N–H and O–H groups in total. The van der Waals surface area contributed by atoms with Crippen LogP contribution in [0.3, 0.4) is 0 Å². The number of nitrogens with zero attached hydrogens (tertiary/aromatic N) is 5. The van der Waals surface area contributed by atoms with Crippen LogP contribution in [0.25, 0.3) is 5.82 Å². The topological polar surface area (TPSA) is 90.2 Å². The fraction of sp³-hybridized carbons (Fsp3) is 0.562. The second-order valence-corrected chi connectivity index (χ2v) is 8.15.